The van der Waals surface area contributed by atoms with Gasteiger partial charge in [-0.05, 0) is 25.0 Å². The Morgan fingerprint density at radius 1 is 1.26 bits per heavy atom. The van der Waals surface area contributed by atoms with Gasteiger partial charge in [-0.1, -0.05) is 18.9 Å². The Balaban J connectivity index is 1.90. The molecular weight excluding hydrogens is 254 g/mol. The summed E-state index contributed by atoms with van der Waals surface area (Å²) in [5.41, 5.74) is 3.02. The quantitative estimate of drug-likeness (QED) is 0.734. The molecule has 1 aromatic rings. The number of hydrogen-bond donors (Lipinski definition) is 3. The molecule has 104 valence electrons. The molecule has 0 aliphatic heterocycles. The Morgan fingerprint density at radius 3 is 2.42 bits per heavy atom. The average Bonchev–Trinajstić information content (AvgIpc) is 2.75. The van der Waals surface area contributed by atoms with E-state index in [-0.39, 0.29) is 6.42 Å². The maximum absolute atomic E-state index is 13.3. The van der Waals surface area contributed by atoms with Gasteiger partial charge in [0.2, 0.25) is 5.91 Å². The van der Waals surface area contributed by atoms with Gasteiger partial charge in [0, 0.05) is 0 Å². The predicted octanol–water partition coefficient (Wildman–Crippen LogP) is 2.10. The van der Waals surface area contributed by atoms with Crippen molar-refractivity contribution in [3.8, 4) is 0 Å². The number of aliphatic hydroxyl groups is 1. The van der Waals surface area contributed by atoms with Gasteiger partial charge in [0.25, 0.3) is 0 Å². The van der Waals surface area contributed by atoms with Crippen molar-refractivity contribution in [1.82, 2.24) is 5.43 Å². The van der Waals surface area contributed by atoms with Crippen LogP contribution in [0.15, 0.2) is 18.2 Å². The Hall–Kier alpha value is -1.69. The summed E-state index contributed by atoms with van der Waals surface area (Å²) in [4.78, 5) is 11.6. The van der Waals surface area contributed by atoms with Crippen LogP contribution in [0.25, 0.3) is 0 Å². The number of carbonyl (C=O) groups excluding carboxylic acids is 1. The summed E-state index contributed by atoms with van der Waals surface area (Å²) in [6.07, 6.45) is 2.86. The van der Waals surface area contributed by atoms with E-state index in [1.54, 1.807) is 0 Å². The average molecular weight is 270 g/mol. The van der Waals surface area contributed by atoms with E-state index in [1.807, 2.05) is 0 Å². The summed E-state index contributed by atoms with van der Waals surface area (Å²) in [7, 11) is 0. The second kappa shape index (κ2) is 5.52. The van der Waals surface area contributed by atoms with Gasteiger partial charge in [-0.25, -0.2) is 8.78 Å². The Labute approximate surface area is 109 Å². The number of nitrogens with one attached hydrogen (secondary N) is 2. The number of hydrazine groups is 1. The third-order valence-corrected chi connectivity index (χ3v) is 3.31. The Bertz CT molecular complexity index is 453. The van der Waals surface area contributed by atoms with Gasteiger partial charge in [-0.3, -0.25) is 15.6 Å². The molecular formula is C13H16F2N2O2. The molecule has 1 aliphatic rings. The van der Waals surface area contributed by atoms with Crippen LogP contribution in [0.2, 0.25) is 0 Å². The van der Waals surface area contributed by atoms with Crippen LogP contribution in [-0.4, -0.2) is 16.6 Å². The van der Waals surface area contributed by atoms with E-state index in [2.05, 4.69) is 10.9 Å². The number of benzene rings is 1. The molecule has 1 amide bonds. The summed E-state index contributed by atoms with van der Waals surface area (Å²) in [5.74, 6) is -2.08. The first-order valence-electron chi connectivity index (χ1n) is 6.21. The van der Waals surface area contributed by atoms with Crippen molar-refractivity contribution in [2.45, 2.75) is 37.7 Å². The van der Waals surface area contributed by atoms with Crippen molar-refractivity contribution in [2.75, 3.05) is 5.43 Å². The second-order valence-corrected chi connectivity index (χ2v) is 4.88. The van der Waals surface area contributed by atoms with E-state index in [4.69, 9.17) is 0 Å². The number of carbonyl (C=O) groups is 1. The molecule has 0 atom stereocenters. The number of para-hydroxylation sites is 1. The molecule has 0 saturated heterocycles. The number of rotatable bonds is 4. The normalized spacial score (nSPS) is 17.2. The molecule has 2 rings (SSSR count). The zero-order valence-electron chi connectivity index (χ0n) is 10.4. The van der Waals surface area contributed by atoms with Crippen LogP contribution in [0, 0.1) is 11.6 Å². The molecule has 1 aromatic carbocycles. The fraction of sp³-hybridized carbons (Fsp3) is 0.462. The van der Waals surface area contributed by atoms with Gasteiger partial charge in [0.15, 0.2) is 11.6 Å². The summed E-state index contributed by atoms with van der Waals surface area (Å²) >= 11 is 0. The molecule has 0 radical (unpaired) electrons. The molecule has 0 spiro atoms. The first kappa shape index (κ1) is 13.7. The van der Waals surface area contributed by atoms with Gasteiger partial charge < -0.3 is 5.11 Å². The maximum Gasteiger partial charge on any atom is 0.241 e. The van der Waals surface area contributed by atoms with Crippen LogP contribution in [-0.2, 0) is 4.79 Å². The lowest BCUT2D eigenvalue weighted by molar-refractivity contribution is -0.125. The predicted molar refractivity (Wildman–Crippen MR) is 66.2 cm³/mol. The molecule has 0 bridgehead atoms. The van der Waals surface area contributed by atoms with E-state index in [0.717, 1.165) is 25.0 Å². The van der Waals surface area contributed by atoms with E-state index >= 15 is 0 Å². The highest BCUT2D eigenvalue weighted by Crippen LogP contribution is 2.32. The lowest BCUT2D eigenvalue weighted by Crippen LogP contribution is -2.37. The third-order valence-electron chi connectivity index (χ3n) is 3.31. The highest BCUT2D eigenvalue weighted by Gasteiger charge is 2.33. The number of halogens is 2. The van der Waals surface area contributed by atoms with Crippen molar-refractivity contribution in [2.24, 2.45) is 0 Å². The second-order valence-electron chi connectivity index (χ2n) is 4.88. The Kier molecular flexibility index (Phi) is 3.99. The Morgan fingerprint density at radius 2 is 1.84 bits per heavy atom. The smallest absolute Gasteiger partial charge is 0.241 e. The molecule has 1 saturated carbocycles. The monoisotopic (exact) mass is 270 g/mol. The topological polar surface area (TPSA) is 61.4 Å². The van der Waals surface area contributed by atoms with Crippen LogP contribution in [0.5, 0.6) is 0 Å². The summed E-state index contributed by atoms with van der Waals surface area (Å²) in [5, 5.41) is 10.0. The van der Waals surface area contributed by atoms with Crippen molar-refractivity contribution in [3.05, 3.63) is 29.8 Å². The highest BCUT2D eigenvalue weighted by atomic mass is 19.1. The lowest BCUT2D eigenvalue weighted by atomic mass is 9.98. The summed E-state index contributed by atoms with van der Waals surface area (Å²) in [6, 6.07) is 3.41. The minimum absolute atomic E-state index is 0.0733. The van der Waals surface area contributed by atoms with Crippen molar-refractivity contribution < 1.29 is 18.7 Å². The maximum atomic E-state index is 13.3. The van der Waals surface area contributed by atoms with Crippen LogP contribution in [0.3, 0.4) is 0 Å². The zero-order valence-corrected chi connectivity index (χ0v) is 10.4. The summed E-state index contributed by atoms with van der Waals surface area (Å²) in [6.45, 7) is 0. The molecule has 19 heavy (non-hydrogen) atoms. The van der Waals surface area contributed by atoms with Gasteiger partial charge in [-0.2, -0.15) is 0 Å². The molecule has 3 N–H and O–H groups in total. The van der Waals surface area contributed by atoms with Crippen LogP contribution < -0.4 is 10.9 Å². The standard InChI is InChI=1S/C13H16F2N2O2/c14-9-4-3-5-10(15)12(9)17-16-11(18)8-13(19)6-1-2-7-13/h3-5,17,19H,1-2,6-8H2,(H,16,18). The molecule has 4 nitrogen and oxygen atoms in total. The SMILES string of the molecule is O=C(CC1(O)CCCC1)NNc1c(F)cccc1F. The molecule has 1 aliphatic carbocycles. The van der Waals surface area contributed by atoms with Crippen molar-refractivity contribution in [3.63, 3.8) is 0 Å². The van der Waals surface area contributed by atoms with Gasteiger partial charge >= 0.3 is 0 Å². The molecule has 0 unspecified atom stereocenters. The molecule has 0 aromatic heterocycles. The van der Waals surface area contributed by atoms with Crippen molar-refractivity contribution in [1.29, 1.82) is 0 Å². The molecule has 1 fully saturated rings. The van der Waals surface area contributed by atoms with Gasteiger partial charge in [0.05, 0.1) is 12.0 Å². The van der Waals surface area contributed by atoms with E-state index in [0.29, 0.717) is 12.8 Å². The number of anilines is 1. The minimum atomic E-state index is -0.987. The van der Waals surface area contributed by atoms with Crippen LogP contribution in [0.1, 0.15) is 32.1 Å². The minimum Gasteiger partial charge on any atom is -0.389 e. The van der Waals surface area contributed by atoms with Crippen LogP contribution in [0.4, 0.5) is 14.5 Å². The first-order chi connectivity index (χ1) is 9.00. The van der Waals surface area contributed by atoms with Crippen molar-refractivity contribution >= 4 is 11.6 Å². The highest BCUT2D eigenvalue weighted by molar-refractivity contribution is 5.78. The lowest BCUT2D eigenvalue weighted by Gasteiger charge is -2.21. The van der Waals surface area contributed by atoms with Crippen LogP contribution >= 0.6 is 0 Å². The fourth-order valence-electron chi connectivity index (χ4n) is 2.30. The zero-order chi connectivity index (χ0) is 13.9. The number of hydrogen-bond acceptors (Lipinski definition) is 3. The van der Waals surface area contributed by atoms with E-state index < -0.39 is 28.8 Å². The first-order valence-corrected chi connectivity index (χ1v) is 6.21. The number of amides is 1. The molecule has 0 heterocycles. The van der Waals surface area contributed by atoms with E-state index in [9.17, 15) is 18.7 Å². The largest absolute Gasteiger partial charge is 0.389 e. The van der Waals surface area contributed by atoms with E-state index in [1.165, 1.54) is 6.07 Å². The fourth-order valence-corrected chi connectivity index (χ4v) is 2.30. The third kappa shape index (κ3) is 3.41. The van der Waals surface area contributed by atoms with Gasteiger partial charge in [-0.15, -0.1) is 0 Å². The molecule has 6 heteroatoms. The van der Waals surface area contributed by atoms with Gasteiger partial charge in [0.1, 0.15) is 5.69 Å². The summed E-state index contributed by atoms with van der Waals surface area (Å²) < 4.78 is 26.6.